The molecule has 0 unspecified atom stereocenters. The summed E-state index contributed by atoms with van der Waals surface area (Å²) in [6, 6.07) is 3.71. The summed E-state index contributed by atoms with van der Waals surface area (Å²) < 4.78 is 10.4. The lowest BCUT2D eigenvalue weighted by Crippen LogP contribution is -1.85. The largest absolute Gasteiger partial charge is 0.457 e. The fraction of sp³-hybridized carbons (Fsp3) is 0.222. The number of ether oxygens (including phenoxy) is 1. The van der Waals surface area contributed by atoms with E-state index in [0.29, 0.717) is 18.3 Å². The molecule has 0 amide bonds. The van der Waals surface area contributed by atoms with Gasteiger partial charge in [0.15, 0.2) is 11.7 Å². The molecule has 2 heterocycles. The van der Waals surface area contributed by atoms with Gasteiger partial charge >= 0.3 is 0 Å². The van der Waals surface area contributed by atoms with Crippen molar-refractivity contribution in [3.63, 3.8) is 0 Å². The Morgan fingerprint density at radius 3 is 3.07 bits per heavy atom. The minimum Gasteiger partial charge on any atom is -0.457 e. The minimum absolute atomic E-state index is 0.379. The molecule has 0 bridgehead atoms. The molecule has 74 valence electrons. The van der Waals surface area contributed by atoms with Crippen molar-refractivity contribution >= 4 is 5.95 Å². The Morgan fingerprint density at radius 2 is 2.43 bits per heavy atom. The molecule has 2 rings (SSSR count). The van der Waals surface area contributed by atoms with Gasteiger partial charge in [0.1, 0.15) is 18.1 Å². The number of hydrogen-bond donors (Lipinski definition) is 2. The van der Waals surface area contributed by atoms with E-state index < -0.39 is 0 Å². The highest BCUT2D eigenvalue weighted by Crippen LogP contribution is 2.20. The zero-order valence-corrected chi connectivity index (χ0v) is 7.78. The average molecular weight is 193 g/mol. The number of anilines is 1. The van der Waals surface area contributed by atoms with Crippen LogP contribution in [0.2, 0.25) is 0 Å². The highest BCUT2D eigenvalue weighted by atomic mass is 16.5. The number of aromatic nitrogens is 2. The summed E-state index contributed by atoms with van der Waals surface area (Å²) in [5.41, 5.74) is 6.22. The first-order valence-electron chi connectivity index (χ1n) is 4.18. The van der Waals surface area contributed by atoms with E-state index in [-0.39, 0.29) is 0 Å². The lowest BCUT2D eigenvalue weighted by Gasteiger charge is -1.93. The lowest BCUT2D eigenvalue weighted by molar-refractivity contribution is 0.165. The summed E-state index contributed by atoms with van der Waals surface area (Å²) in [5.74, 6) is 1.86. The van der Waals surface area contributed by atoms with Crippen molar-refractivity contribution in [2.24, 2.45) is 0 Å². The molecule has 14 heavy (non-hydrogen) atoms. The lowest BCUT2D eigenvalue weighted by atomic mass is 10.3. The number of imidazole rings is 1. The predicted molar refractivity (Wildman–Crippen MR) is 51.4 cm³/mol. The van der Waals surface area contributed by atoms with Crippen LogP contribution in [0.4, 0.5) is 5.95 Å². The van der Waals surface area contributed by atoms with Crippen molar-refractivity contribution in [1.29, 1.82) is 0 Å². The van der Waals surface area contributed by atoms with Gasteiger partial charge in [0.05, 0.1) is 6.20 Å². The molecule has 0 saturated heterocycles. The predicted octanol–water partition coefficient (Wildman–Crippen LogP) is 1.40. The maximum atomic E-state index is 5.47. The quantitative estimate of drug-likeness (QED) is 0.772. The van der Waals surface area contributed by atoms with Gasteiger partial charge in [0.25, 0.3) is 0 Å². The number of nitrogens with one attached hydrogen (secondary N) is 1. The zero-order valence-electron chi connectivity index (χ0n) is 7.78. The molecule has 0 aliphatic heterocycles. The van der Waals surface area contributed by atoms with E-state index in [0.717, 1.165) is 11.5 Å². The van der Waals surface area contributed by atoms with E-state index >= 15 is 0 Å². The third-order valence-electron chi connectivity index (χ3n) is 1.81. The summed E-state index contributed by atoms with van der Waals surface area (Å²) in [4.78, 5) is 6.76. The van der Waals surface area contributed by atoms with Gasteiger partial charge in [-0.3, -0.25) is 0 Å². The molecule has 5 heteroatoms. The van der Waals surface area contributed by atoms with Gasteiger partial charge in [-0.05, 0) is 12.1 Å². The Bertz CT molecular complexity index is 419. The number of nitrogens with zero attached hydrogens (tertiary/aromatic N) is 1. The molecular formula is C9H11N3O2. The molecule has 0 spiro atoms. The monoisotopic (exact) mass is 193 g/mol. The molecule has 0 saturated carbocycles. The molecule has 2 aromatic heterocycles. The Hall–Kier alpha value is -1.75. The number of H-pyrrole nitrogens is 1. The number of rotatable bonds is 3. The second kappa shape index (κ2) is 3.55. The van der Waals surface area contributed by atoms with Crippen LogP contribution in [0, 0.1) is 0 Å². The molecular weight excluding hydrogens is 182 g/mol. The third kappa shape index (κ3) is 1.62. The molecule has 0 atom stereocenters. The summed E-state index contributed by atoms with van der Waals surface area (Å²) in [6.45, 7) is 0.462. The van der Waals surface area contributed by atoms with Crippen molar-refractivity contribution in [3.05, 3.63) is 24.1 Å². The van der Waals surface area contributed by atoms with Crippen LogP contribution in [-0.4, -0.2) is 17.1 Å². The van der Waals surface area contributed by atoms with Gasteiger partial charge in [-0.25, -0.2) is 4.98 Å². The van der Waals surface area contributed by atoms with Gasteiger partial charge in [-0.2, -0.15) is 0 Å². The second-order valence-corrected chi connectivity index (χ2v) is 2.88. The van der Waals surface area contributed by atoms with E-state index in [1.807, 2.05) is 12.1 Å². The van der Waals surface area contributed by atoms with Crippen LogP contribution < -0.4 is 5.73 Å². The normalized spacial score (nSPS) is 10.6. The van der Waals surface area contributed by atoms with Crippen LogP contribution in [-0.2, 0) is 11.3 Å². The molecule has 2 aromatic rings. The van der Waals surface area contributed by atoms with E-state index in [4.69, 9.17) is 14.9 Å². The molecule has 0 fully saturated rings. The van der Waals surface area contributed by atoms with Crippen LogP contribution >= 0.6 is 0 Å². The fourth-order valence-electron chi connectivity index (χ4n) is 1.20. The molecule has 0 aromatic carbocycles. The minimum atomic E-state index is 0.379. The van der Waals surface area contributed by atoms with E-state index in [1.165, 1.54) is 0 Å². The first kappa shape index (κ1) is 8.83. The maximum absolute atomic E-state index is 5.47. The standard InChI is InChI=1S/C9H11N3O2/c1-13-5-6-2-3-8(14-6)7-4-11-9(10)12-7/h2-4H,5H2,1H3,(H3,10,11,12). The van der Waals surface area contributed by atoms with Crippen molar-refractivity contribution in [1.82, 2.24) is 9.97 Å². The topological polar surface area (TPSA) is 77.1 Å². The summed E-state index contributed by atoms with van der Waals surface area (Å²) in [6.07, 6.45) is 1.63. The Labute approximate surface area is 80.9 Å². The first-order chi connectivity index (χ1) is 6.79. The number of hydrogen-bond acceptors (Lipinski definition) is 4. The Kier molecular flexibility index (Phi) is 2.24. The zero-order chi connectivity index (χ0) is 9.97. The number of methoxy groups -OCH3 is 1. The van der Waals surface area contributed by atoms with Crippen LogP contribution in [0.3, 0.4) is 0 Å². The first-order valence-corrected chi connectivity index (χ1v) is 4.18. The Balaban J connectivity index is 2.24. The molecule has 0 radical (unpaired) electrons. The molecule has 0 aliphatic rings. The van der Waals surface area contributed by atoms with E-state index in [2.05, 4.69) is 9.97 Å². The summed E-state index contributed by atoms with van der Waals surface area (Å²) in [7, 11) is 1.62. The summed E-state index contributed by atoms with van der Waals surface area (Å²) in [5, 5.41) is 0. The van der Waals surface area contributed by atoms with E-state index in [9.17, 15) is 0 Å². The number of aromatic amines is 1. The Morgan fingerprint density at radius 1 is 1.57 bits per heavy atom. The van der Waals surface area contributed by atoms with Crippen molar-refractivity contribution in [3.8, 4) is 11.5 Å². The highest BCUT2D eigenvalue weighted by molar-refractivity contribution is 5.53. The average Bonchev–Trinajstić information content (AvgIpc) is 2.74. The van der Waals surface area contributed by atoms with Crippen LogP contribution in [0.1, 0.15) is 5.76 Å². The second-order valence-electron chi connectivity index (χ2n) is 2.88. The van der Waals surface area contributed by atoms with Crippen LogP contribution in [0.15, 0.2) is 22.7 Å². The van der Waals surface area contributed by atoms with Crippen LogP contribution in [0.5, 0.6) is 0 Å². The highest BCUT2D eigenvalue weighted by Gasteiger charge is 2.06. The van der Waals surface area contributed by atoms with Gasteiger partial charge in [-0.1, -0.05) is 0 Å². The van der Waals surface area contributed by atoms with Gasteiger partial charge in [0.2, 0.25) is 0 Å². The fourth-order valence-corrected chi connectivity index (χ4v) is 1.20. The van der Waals surface area contributed by atoms with Crippen LogP contribution in [0.25, 0.3) is 11.5 Å². The van der Waals surface area contributed by atoms with Gasteiger partial charge in [-0.15, -0.1) is 0 Å². The number of nitrogen functional groups attached to an aromatic ring is 1. The summed E-state index contributed by atoms with van der Waals surface area (Å²) >= 11 is 0. The van der Waals surface area contributed by atoms with E-state index in [1.54, 1.807) is 13.3 Å². The van der Waals surface area contributed by atoms with Gasteiger partial charge < -0.3 is 19.9 Å². The number of furan rings is 1. The van der Waals surface area contributed by atoms with Crippen molar-refractivity contribution < 1.29 is 9.15 Å². The number of nitrogens with two attached hydrogens (primary N) is 1. The van der Waals surface area contributed by atoms with Crippen molar-refractivity contribution in [2.75, 3.05) is 12.8 Å². The van der Waals surface area contributed by atoms with Crippen molar-refractivity contribution in [2.45, 2.75) is 6.61 Å². The SMILES string of the molecule is COCc1ccc(-c2cnc(N)[nH]2)o1. The maximum Gasteiger partial charge on any atom is 0.197 e. The molecule has 0 aliphatic carbocycles. The third-order valence-corrected chi connectivity index (χ3v) is 1.81. The molecule has 5 nitrogen and oxygen atoms in total. The smallest absolute Gasteiger partial charge is 0.197 e. The van der Waals surface area contributed by atoms with Gasteiger partial charge in [0, 0.05) is 7.11 Å². The molecule has 3 N–H and O–H groups in total.